The van der Waals surface area contributed by atoms with Gasteiger partial charge in [0, 0.05) is 17.8 Å². The Balaban J connectivity index is 1.79. The van der Waals surface area contributed by atoms with E-state index in [0.717, 1.165) is 31.6 Å². The Morgan fingerprint density at radius 1 is 1.04 bits per heavy atom. The molecule has 0 atom stereocenters. The van der Waals surface area contributed by atoms with Crippen LogP contribution in [0.1, 0.15) is 12.8 Å². The van der Waals surface area contributed by atoms with Gasteiger partial charge in [0.2, 0.25) is 0 Å². The van der Waals surface area contributed by atoms with E-state index in [1.807, 2.05) is 6.07 Å². The maximum absolute atomic E-state index is 12.9. The number of hydrogen-bond acceptors (Lipinski definition) is 6. The Hall–Kier alpha value is -2.45. The molecule has 3 rings (SSSR count). The van der Waals surface area contributed by atoms with Gasteiger partial charge in [0.15, 0.2) is 0 Å². The molecule has 0 spiro atoms. The lowest BCUT2D eigenvalue weighted by Crippen LogP contribution is -2.36. The highest BCUT2D eigenvalue weighted by Crippen LogP contribution is 2.31. The van der Waals surface area contributed by atoms with Crippen molar-refractivity contribution in [2.45, 2.75) is 23.8 Å². The van der Waals surface area contributed by atoms with Crippen molar-refractivity contribution >= 4 is 21.4 Å². The van der Waals surface area contributed by atoms with Gasteiger partial charge in [-0.15, -0.1) is 0 Å². The number of sulfonamides is 1. The van der Waals surface area contributed by atoms with Crippen molar-refractivity contribution in [3.63, 3.8) is 0 Å². The van der Waals surface area contributed by atoms with Crippen LogP contribution in [0.2, 0.25) is 0 Å². The third-order valence-electron chi connectivity index (χ3n) is 4.88. The highest BCUT2D eigenvalue weighted by Gasteiger charge is 2.20. The van der Waals surface area contributed by atoms with E-state index in [1.54, 1.807) is 36.4 Å². The lowest BCUT2D eigenvalue weighted by atomic mass is 10.1. The fourth-order valence-corrected chi connectivity index (χ4v) is 4.35. The van der Waals surface area contributed by atoms with Gasteiger partial charge in [-0.1, -0.05) is 6.07 Å². The number of likely N-dealkylation sites (tertiary alicyclic amines) is 1. The first-order chi connectivity index (χ1) is 13.4. The number of benzene rings is 2. The molecule has 0 saturated carbocycles. The standard InChI is InChI=1S/C20H27N3O4S/c1-23-11-9-15(10-12-23)21-16-5-4-6-18(13-16)28(24,25)22-19-14-17(26-2)7-8-20(19)27-3/h4-8,13-15,21-22H,9-12H2,1-3H3. The molecule has 0 radical (unpaired) electrons. The molecule has 0 bridgehead atoms. The van der Waals surface area contributed by atoms with Gasteiger partial charge in [0.25, 0.3) is 10.0 Å². The van der Waals surface area contributed by atoms with Gasteiger partial charge in [-0.05, 0) is 63.3 Å². The molecule has 1 heterocycles. The Bertz CT molecular complexity index is 909. The van der Waals surface area contributed by atoms with Crippen LogP contribution in [-0.4, -0.2) is 53.7 Å². The van der Waals surface area contributed by atoms with Crippen LogP contribution in [-0.2, 0) is 10.0 Å². The Morgan fingerprint density at radius 2 is 1.79 bits per heavy atom. The molecule has 1 saturated heterocycles. The molecule has 1 aliphatic rings. The second kappa shape index (κ2) is 8.70. The molecule has 2 N–H and O–H groups in total. The van der Waals surface area contributed by atoms with Crippen LogP contribution in [0, 0.1) is 0 Å². The third kappa shape index (κ3) is 4.88. The van der Waals surface area contributed by atoms with Crippen LogP contribution in [0.25, 0.3) is 0 Å². The van der Waals surface area contributed by atoms with Crippen molar-refractivity contribution in [3.05, 3.63) is 42.5 Å². The number of nitrogens with one attached hydrogen (secondary N) is 2. The third-order valence-corrected chi connectivity index (χ3v) is 6.25. The van der Waals surface area contributed by atoms with E-state index in [2.05, 4.69) is 22.0 Å². The topological polar surface area (TPSA) is 79.9 Å². The molecule has 152 valence electrons. The van der Waals surface area contributed by atoms with Crippen molar-refractivity contribution < 1.29 is 17.9 Å². The fourth-order valence-electron chi connectivity index (χ4n) is 3.24. The minimum absolute atomic E-state index is 0.190. The Labute approximate surface area is 166 Å². The van der Waals surface area contributed by atoms with Gasteiger partial charge in [-0.3, -0.25) is 4.72 Å². The average Bonchev–Trinajstić information content (AvgIpc) is 2.69. The number of piperidine rings is 1. The summed E-state index contributed by atoms with van der Waals surface area (Å²) in [7, 11) is 1.35. The monoisotopic (exact) mass is 405 g/mol. The molecule has 2 aromatic carbocycles. The van der Waals surface area contributed by atoms with Gasteiger partial charge < -0.3 is 19.7 Å². The van der Waals surface area contributed by atoms with E-state index in [-0.39, 0.29) is 4.90 Å². The second-order valence-electron chi connectivity index (χ2n) is 6.92. The number of anilines is 2. The smallest absolute Gasteiger partial charge is 0.262 e. The van der Waals surface area contributed by atoms with Crippen LogP contribution < -0.4 is 19.5 Å². The van der Waals surface area contributed by atoms with Crippen LogP contribution in [0.3, 0.4) is 0 Å². The molecule has 0 amide bonds. The molecule has 0 unspecified atom stereocenters. The van der Waals surface area contributed by atoms with Gasteiger partial charge in [0.05, 0.1) is 24.8 Å². The lowest BCUT2D eigenvalue weighted by molar-refractivity contribution is 0.264. The molecule has 1 aliphatic heterocycles. The summed E-state index contributed by atoms with van der Waals surface area (Å²) in [5.41, 5.74) is 1.13. The van der Waals surface area contributed by atoms with E-state index in [9.17, 15) is 8.42 Å². The number of hydrogen-bond donors (Lipinski definition) is 2. The summed E-state index contributed by atoms with van der Waals surface area (Å²) < 4.78 is 38.9. The zero-order chi connectivity index (χ0) is 20.1. The quantitative estimate of drug-likeness (QED) is 0.737. The summed E-state index contributed by atoms with van der Waals surface area (Å²) >= 11 is 0. The summed E-state index contributed by atoms with van der Waals surface area (Å²) in [4.78, 5) is 2.49. The van der Waals surface area contributed by atoms with Crippen molar-refractivity contribution in [1.29, 1.82) is 0 Å². The highest BCUT2D eigenvalue weighted by molar-refractivity contribution is 7.92. The van der Waals surface area contributed by atoms with Gasteiger partial charge >= 0.3 is 0 Å². The largest absolute Gasteiger partial charge is 0.497 e. The van der Waals surface area contributed by atoms with Gasteiger partial charge in [0.1, 0.15) is 11.5 Å². The van der Waals surface area contributed by atoms with Gasteiger partial charge in [-0.2, -0.15) is 0 Å². The van der Waals surface area contributed by atoms with E-state index in [0.29, 0.717) is 23.2 Å². The lowest BCUT2D eigenvalue weighted by Gasteiger charge is -2.30. The highest BCUT2D eigenvalue weighted by atomic mass is 32.2. The summed E-state index contributed by atoms with van der Waals surface area (Å²) in [5.74, 6) is 0.959. The van der Waals surface area contributed by atoms with Crippen molar-refractivity contribution in [3.8, 4) is 11.5 Å². The van der Waals surface area contributed by atoms with Crippen LogP contribution in [0.15, 0.2) is 47.4 Å². The molecule has 2 aromatic rings. The SMILES string of the molecule is COc1ccc(OC)c(NS(=O)(=O)c2cccc(NC3CCN(C)CC3)c2)c1. The minimum atomic E-state index is -3.78. The molecular formula is C20H27N3O4S. The summed E-state index contributed by atoms with van der Waals surface area (Å²) in [6.07, 6.45) is 2.07. The number of methoxy groups -OCH3 is 2. The van der Waals surface area contributed by atoms with Crippen LogP contribution in [0.5, 0.6) is 11.5 Å². The van der Waals surface area contributed by atoms with E-state index in [1.165, 1.54) is 14.2 Å². The molecule has 8 heteroatoms. The van der Waals surface area contributed by atoms with E-state index >= 15 is 0 Å². The van der Waals surface area contributed by atoms with Crippen LogP contribution in [0.4, 0.5) is 11.4 Å². The summed E-state index contributed by atoms with van der Waals surface area (Å²) in [5, 5.41) is 3.45. The molecule has 0 aromatic heterocycles. The fraction of sp³-hybridized carbons (Fsp3) is 0.400. The molecule has 28 heavy (non-hydrogen) atoms. The Kier molecular flexibility index (Phi) is 6.31. The Morgan fingerprint density at radius 3 is 2.46 bits per heavy atom. The maximum Gasteiger partial charge on any atom is 0.262 e. The minimum Gasteiger partial charge on any atom is -0.497 e. The molecule has 7 nitrogen and oxygen atoms in total. The number of ether oxygens (including phenoxy) is 2. The van der Waals surface area contributed by atoms with Crippen LogP contribution >= 0.6 is 0 Å². The predicted octanol–water partition coefficient (Wildman–Crippen LogP) is 3.01. The normalized spacial score (nSPS) is 15.8. The summed E-state index contributed by atoms with van der Waals surface area (Å²) in [6, 6.07) is 12.2. The predicted molar refractivity (Wildman–Crippen MR) is 111 cm³/mol. The zero-order valence-electron chi connectivity index (χ0n) is 16.4. The number of nitrogens with zero attached hydrogens (tertiary/aromatic N) is 1. The maximum atomic E-state index is 12.9. The number of rotatable bonds is 7. The first kappa shape index (κ1) is 20.3. The molecule has 1 fully saturated rings. The first-order valence-electron chi connectivity index (χ1n) is 9.21. The van der Waals surface area contributed by atoms with Crippen molar-refractivity contribution in [1.82, 2.24) is 4.90 Å². The van der Waals surface area contributed by atoms with E-state index in [4.69, 9.17) is 9.47 Å². The average molecular weight is 406 g/mol. The second-order valence-corrected chi connectivity index (χ2v) is 8.60. The van der Waals surface area contributed by atoms with Crippen molar-refractivity contribution in [2.75, 3.05) is 44.4 Å². The zero-order valence-corrected chi connectivity index (χ0v) is 17.3. The van der Waals surface area contributed by atoms with Gasteiger partial charge in [-0.25, -0.2) is 8.42 Å². The van der Waals surface area contributed by atoms with Crippen molar-refractivity contribution in [2.24, 2.45) is 0 Å². The summed E-state index contributed by atoms with van der Waals surface area (Å²) in [6.45, 7) is 2.07. The first-order valence-corrected chi connectivity index (χ1v) is 10.7. The molecule has 0 aliphatic carbocycles. The van der Waals surface area contributed by atoms with E-state index < -0.39 is 10.0 Å². The molecular weight excluding hydrogens is 378 g/mol.